The minimum absolute atomic E-state index is 0.178. The average molecular weight is 369 g/mol. The fourth-order valence-corrected chi connectivity index (χ4v) is 3.51. The molecule has 0 spiro atoms. The molecule has 1 aliphatic heterocycles. The van der Waals surface area contributed by atoms with Crippen molar-refractivity contribution >= 4 is 17.2 Å². The molecular formula is C19H19N3O3S. The van der Waals surface area contributed by atoms with Gasteiger partial charge in [0.15, 0.2) is 11.5 Å². The van der Waals surface area contributed by atoms with E-state index in [1.807, 2.05) is 41.3 Å². The Morgan fingerprint density at radius 1 is 1.31 bits per heavy atom. The number of rotatable bonds is 5. The largest absolute Gasteiger partial charge is 0.485 e. The zero-order valence-corrected chi connectivity index (χ0v) is 15.2. The van der Waals surface area contributed by atoms with E-state index in [1.54, 1.807) is 17.4 Å². The molecule has 0 saturated carbocycles. The fourth-order valence-electron chi connectivity index (χ4n) is 2.83. The molecule has 0 bridgehead atoms. The molecule has 7 heteroatoms. The van der Waals surface area contributed by atoms with E-state index in [4.69, 9.17) is 9.47 Å². The van der Waals surface area contributed by atoms with Crippen LogP contribution >= 0.6 is 11.3 Å². The van der Waals surface area contributed by atoms with E-state index in [1.165, 1.54) is 0 Å². The second-order valence-corrected chi connectivity index (χ2v) is 6.97. The maximum Gasteiger partial charge on any atom is 0.264 e. The van der Waals surface area contributed by atoms with E-state index >= 15 is 0 Å². The standard InChI is InChI=1S/C19H19N3O3S/c1-13-11-14(18-7-4-10-26-18)21-22(13)9-8-20-19(23)17-12-24-15-5-2-3-6-16(15)25-17/h2-7,10-11,17H,8-9,12H2,1H3,(H,20,23). The average Bonchev–Trinajstić information content (AvgIpc) is 3.31. The van der Waals surface area contributed by atoms with E-state index in [2.05, 4.69) is 22.5 Å². The highest BCUT2D eigenvalue weighted by Crippen LogP contribution is 2.30. The molecular weight excluding hydrogens is 350 g/mol. The lowest BCUT2D eigenvalue weighted by molar-refractivity contribution is -0.130. The molecule has 1 aromatic carbocycles. The number of aryl methyl sites for hydroxylation is 1. The monoisotopic (exact) mass is 369 g/mol. The predicted octanol–water partition coefficient (Wildman–Crippen LogP) is 2.88. The van der Waals surface area contributed by atoms with Gasteiger partial charge in [-0.25, -0.2) is 0 Å². The predicted molar refractivity (Wildman–Crippen MR) is 99.6 cm³/mol. The van der Waals surface area contributed by atoms with E-state index in [0.717, 1.165) is 16.3 Å². The van der Waals surface area contributed by atoms with Gasteiger partial charge in [0.1, 0.15) is 12.3 Å². The van der Waals surface area contributed by atoms with Gasteiger partial charge in [0.2, 0.25) is 6.10 Å². The molecule has 0 radical (unpaired) electrons. The lowest BCUT2D eigenvalue weighted by Crippen LogP contribution is -2.44. The van der Waals surface area contributed by atoms with Gasteiger partial charge in [-0.3, -0.25) is 9.48 Å². The van der Waals surface area contributed by atoms with E-state index in [0.29, 0.717) is 24.6 Å². The molecule has 4 rings (SSSR count). The van der Waals surface area contributed by atoms with Gasteiger partial charge in [-0.1, -0.05) is 18.2 Å². The van der Waals surface area contributed by atoms with Crippen molar-refractivity contribution in [1.29, 1.82) is 0 Å². The van der Waals surface area contributed by atoms with Crippen LogP contribution in [-0.2, 0) is 11.3 Å². The fraction of sp³-hybridized carbons (Fsp3) is 0.263. The molecule has 1 N–H and O–H groups in total. The summed E-state index contributed by atoms with van der Waals surface area (Å²) in [5.74, 6) is 1.09. The van der Waals surface area contributed by atoms with Gasteiger partial charge < -0.3 is 14.8 Å². The maximum absolute atomic E-state index is 12.3. The van der Waals surface area contributed by atoms with Crippen LogP contribution in [0.1, 0.15) is 5.69 Å². The van der Waals surface area contributed by atoms with Gasteiger partial charge in [0.05, 0.1) is 11.4 Å². The number of ether oxygens (including phenoxy) is 2. The third-order valence-electron chi connectivity index (χ3n) is 4.18. The SMILES string of the molecule is Cc1cc(-c2cccs2)nn1CCNC(=O)C1COc2ccccc2O1. The molecule has 3 aromatic rings. The van der Waals surface area contributed by atoms with Gasteiger partial charge >= 0.3 is 0 Å². The number of benzene rings is 1. The third kappa shape index (κ3) is 3.43. The van der Waals surface area contributed by atoms with Gasteiger partial charge in [-0.05, 0) is 36.6 Å². The number of para-hydroxylation sites is 2. The third-order valence-corrected chi connectivity index (χ3v) is 5.07. The Morgan fingerprint density at radius 3 is 2.96 bits per heavy atom. The number of carbonyl (C=O) groups excluding carboxylic acids is 1. The summed E-state index contributed by atoms with van der Waals surface area (Å²) in [5.41, 5.74) is 2.03. The Morgan fingerprint density at radius 2 is 2.15 bits per heavy atom. The van der Waals surface area contributed by atoms with Gasteiger partial charge in [-0.15, -0.1) is 11.3 Å². The smallest absolute Gasteiger partial charge is 0.264 e. The Labute approximate surface area is 155 Å². The van der Waals surface area contributed by atoms with Crippen LogP contribution < -0.4 is 14.8 Å². The molecule has 0 saturated heterocycles. The molecule has 2 aromatic heterocycles. The Bertz CT molecular complexity index is 905. The first-order valence-electron chi connectivity index (χ1n) is 8.45. The first kappa shape index (κ1) is 16.7. The number of thiophene rings is 1. The summed E-state index contributed by atoms with van der Waals surface area (Å²) in [6.45, 7) is 3.31. The van der Waals surface area contributed by atoms with Crippen LogP contribution in [0.4, 0.5) is 0 Å². The minimum atomic E-state index is -0.634. The Balaban J connectivity index is 1.32. The highest BCUT2D eigenvalue weighted by atomic mass is 32.1. The molecule has 1 amide bonds. The van der Waals surface area contributed by atoms with Crippen LogP contribution in [0.15, 0.2) is 47.8 Å². The number of aromatic nitrogens is 2. The molecule has 1 aliphatic rings. The second-order valence-electron chi connectivity index (χ2n) is 6.03. The van der Waals surface area contributed by atoms with Gasteiger partial charge in [0, 0.05) is 12.2 Å². The summed E-state index contributed by atoms with van der Waals surface area (Å²) >= 11 is 1.66. The van der Waals surface area contributed by atoms with Crippen molar-refractivity contribution in [2.75, 3.05) is 13.2 Å². The van der Waals surface area contributed by atoms with Crippen molar-refractivity contribution in [2.24, 2.45) is 0 Å². The zero-order valence-electron chi connectivity index (χ0n) is 14.3. The van der Waals surface area contributed by atoms with Crippen molar-refractivity contribution in [2.45, 2.75) is 19.6 Å². The number of nitrogens with zero attached hydrogens (tertiary/aromatic N) is 2. The lowest BCUT2D eigenvalue weighted by Gasteiger charge is -2.25. The minimum Gasteiger partial charge on any atom is -0.485 e. The Kier molecular flexibility index (Phi) is 4.62. The number of hydrogen-bond acceptors (Lipinski definition) is 5. The van der Waals surface area contributed by atoms with Crippen molar-refractivity contribution in [3.63, 3.8) is 0 Å². The van der Waals surface area contributed by atoms with Crippen LogP contribution in [0.5, 0.6) is 11.5 Å². The van der Waals surface area contributed by atoms with E-state index in [-0.39, 0.29) is 12.5 Å². The molecule has 6 nitrogen and oxygen atoms in total. The molecule has 3 heterocycles. The molecule has 1 unspecified atom stereocenters. The van der Waals surface area contributed by atoms with Crippen LogP contribution in [0, 0.1) is 6.92 Å². The molecule has 134 valence electrons. The summed E-state index contributed by atoms with van der Waals surface area (Å²) in [7, 11) is 0. The van der Waals surface area contributed by atoms with Crippen molar-refractivity contribution in [1.82, 2.24) is 15.1 Å². The summed E-state index contributed by atoms with van der Waals surface area (Å²) in [6.07, 6.45) is -0.634. The van der Waals surface area contributed by atoms with Gasteiger partial charge in [-0.2, -0.15) is 5.10 Å². The van der Waals surface area contributed by atoms with Crippen LogP contribution in [0.25, 0.3) is 10.6 Å². The summed E-state index contributed by atoms with van der Waals surface area (Å²) in [4.78, 5) is 13.5. The number of hydrogen-bond donors (Lipinski definition) is 1. The highest BCUT2D eigenvalue weighted by molar-refractivity contribution is 7.13. The number of amides is 1. The summed E-state index contributed by atoms with van der Waals surface area (Å²) in [5, 5.41) is 9.55. The molecule has 0 fully saturated rings. The molecule has 0 aliphatic carbocycles. The van der Waals surface area contributed by atoms with Gasteiger partial charge in [0.25, 0.3) is 5.91 Å². The van der Waals surface area contributed by atoms with Crippen molar-refractivity contribution < 1.29 is 14.3 Å². The first-order valence-corrected chi connectivity index (χ1v) is 9.33. The zero-order chi connectivity index (χ0) is 17.9. The normalized spacial score (nSPS) is 15.7. The molecule has 1 atom stereocenters. The summed E-state index contributed by atoms with van der Waals surface area (Å²) < 4.78 is 13.2. The Hall–Kier alpha value is -2.80. The first-order chi connectivity index (χ1) is 12.7. The lowest BCUT2D eigenvalue weighted by atomic mass is 10.2. The van der Waals surface area contributed by atoms with E-state index < -0.39 is 6.10 Å². The second kappa shape index (κ2) is 7.21. The van der Waals surface area contributed by atoms with E-state index in [9.17, 15) is 4.79 Å². The highest BCUT2D eigenvalue weighted by Gasteiger charge is 2.26. The maximum atomic E-state index is 12.3. The van der Waals surface area contributed by atoms with Crippen LogP contribution in [0.2, 0.25) is 0 Å². The van der Waals surface area contributed by atoms with Crippen molar-refractivity contribution in [3.8, 4) is 22.1 Å². The number of nitrogens with one attached hydrogen (secondary N) is 1. The number of carbonyl (C=O) groups is 1. The summed E-state index contributed by atoms with van der Waals surface area (Å²) in [6, 6.07) is 13.5. The quantitative estimate of drug-likeness (QED) is 0.751. The van der Waals surface area contributed by atoms with Crippen LogP contribution in [0.3, 0.4) is 0 Å². The van der Waals surface area contributed by atoms with Crippen molar-refractivity contribution in [3.05, 3.63) is 53.5 Å². The van der Waals surface area contributed by atoms with Crippen LogP contribution in [-0.4, -0.2) is 34.9 Å². The number of fused-ring (bicyclic) bond motifs is 1. The topological polar surface area (TPSA) is 65.4 Å². The molecule has 26 heavy (non-hydrogen) atoms.